The Bertz CT molecular complexity index is 561. The van der Waals surface area contributed by atoms with Gasteiger partial charge in [0.25, 0.3) is 5.91 Å². The van der Waals surface area contributed by atoms with Gasteiger partial charge in [0.15, 0.2) is 0 Å². The summed E-state index contributed by atoms with van der Waals surface area (Å²) in [6.45, 7) is 4.56. The Kier molecular flexibility index (Phi) is 4.55. The molecule has 104 valence electrons. The average molecular weight is 271 g/mol. The highest BCUT2D eigenvalue weighted by Crippen LogP contribution is 2.14. The Hall–Kier alpha value is -2.56. The molecule has 5 nitrogen and oxygen atoms in total. The number of H-pyrrole nitrogens is 1. The number of amides is 1. The summed E-state index contributed by atoms with van der Waals surface area (Å²) in [6.07, 6.45) is 5.16. The number of hydrogen-bond acceptors (Lipinski definition) is 3. The summed E-state index contributed by atoms with van der Waals surface area (Å²) in [5, 5.41) is 6.59. The van der Waals surface area contributed by atoms with Crippen LogP contribution in [-0.2, 0) is 6.54 Å². The van der Waals surface area contributed by atoms with Gasteiger partial charge < -0.3 is 9.64 Å². The number of rotatable bonds is 6. The van der Waals surface area contributed by atoms with E-state index in [1.165, 1.54) is 0 Å². The van der Waals surface area contributed by atoms with E-state index < -0.39 is 0 Å². The van der Waals surface area contributed by atoms with E-state index in [1.807, 2.05) is 0 Å². The molecule has 20 heavy (non-hydrogen) atoms. The minimum Gasteiger partial charge on any atom is -0.490 e. The summed E-state index contributed by atoms with van der Waals surface area (Å²) in [5.41, 5.74) is 1.59. The van der Waals surface area contributed by atoms with Crippen molar-refractivity contribution in [3.05, 3.63) is 60.4 Å². The molecule has 0 aliphatic heterocycles. The lowest BCUT2D eigenvalue weighted by molar-refractivity contribution is 0.0785. The van der Waals surface area contributed by atoms with Gasteiger partial charge in [0.1, 0.15) is 12.4 Å². The average Bonchev–Trinajstić information content (AvgIpc) is 2.97. The highest BCUT2D eigenvalue weighted by molar-refractivity contribution is 5.94. The molecule has 0 atom stereocenters. The van der Waals surface area contributed by atoms with Gasteiger partial charge in [-0.05, 0) is 24.3 Å². The first-order chi connectivity index (χ1) is 9.70. The van der Waals surface area contributed by atoms with E-state index in [9.17, 15) is 4.79 Å². The molecule has 1 aromatic heterocycles. The largest absolute Gasteiger partial charge is 0.490 e. The van der Waals surface area contributed by atoms with E-state index >= 15 is 0 Å². The summed E-state index contributed by atoms with van der Waals surface area (Å²) in [6, 6.07) is 7.07. The van der Waals surface area contributed by atoms with Gasteiger partial charge in [0.2, 0.25) is 0 Å². The van der Waals surface area contributed by atoms with Gasteiger partial charge in [-0.1, -0.05) is 12.7 Å². The molecule has 0 fully saturated rings. The number of nitrogens with zero attached hydrogens (tertiary/aromatic N) is 2. The molecule has 0 saturated carbocycles. The van der Waals surface area contributed by atoms with Crippen molar-refractivity contribution in [3.8, 4) is 5.75 Å². The highest BCUT2D eigenvalue weighted by atomic mass is 16.5. The van der Waals surface area contributed by atoms with E-state index in [1.54, 1.807) is 54.7 Å². The zero-order valence-electron chi connectivity index (χ0n) is 11.4. The van der Waals surface area contributed by atoms with Crippen molar-refractivity contribution < 1.29 is 9.53 Å². The monoisotopic (exact) mass is 271 g/mol. The van der Waals surface area contributed by atoms with E-state index in [-0.39, 0.29) is 5.91 Å². The fraction of sp³-hybridized carbons (Fsp3) is 0.200. The van der Waals surface area contributed by atoms with Crippen LogP contribution in [0.5, 0.6) is 5.75 Å². The number of aromatic amines is 1. The molecule has 1 N–H and O–H groups in total. The van der Waals surface area contributed by atoms with Gasteiger partial charge in [-0.25, -0.2) is 0 Å². The van der Waals surface area contributed by atoms with Gasteiger partial charge in [-0.15, -0.1) is 0 Å². The van der Waals surface area contributed by atoms with Crippen molar-refractivity contribution in [1.29, 1.82) is 0 Å². The second kappa shape index (κ2) is 6.56. The molecule has 2 aromatic rings. The number of ether oxygens (including phenoxy) is 1. The molecule has 1 amide bonds. The Morgan fingerprint density at radius 3 is 2.80 bits per heavy atom. The molecule has 0 aliphatic rings. The van der Waals surface area contributed by atoms with Gasteiger partial charge >= 0.3 is 0 Å². The predicted octanol–water partition coefficient (Wildman–Crippen LogP) is 2.25. The van der Waals surface area contributed by atoms with Crippen molar-refractivity contribution in [3.63, 3.8) is 0 Å². The zero-order valence-corrected chi connectivity index (χ0v) is 11.4. The van der Waals surface area contributed by atoms with Crippen molar-refractivity contribution in [1.82, 2.24) is 15.1 Å². The maximum atomic E-state index is 12.2. The van der Waals surface area contributed by atoms with Crippen molar-refractivity contribution in [2.75, 3.05) is 13.7 Å². The first kappa shape index (κ1) is 13.9. The molecule has 0 aliphatic carbocycles. The van der Waals surface area contributed by atoms with E-state index in [4.69, 9.17) is 4.74 Å². The quantitative estimate of drug-likeness (QED) is 0.820. The van der Waals surface area contributed by atoms with Crippen LogP contribution in [0.25, 0.3) is 0 Å². The van der Waals surface area contributed by atoms with Gasteiger partial charge in [0.05, 0.1) is 6.20 Å². The smallest absolute Gasteiger partial charge is 0.253 e. The number of carbonyl (C=O) groups is 1. The van der Waals surface area contributed by atoms with Crippen LogP contribution < -0.4 is 4.74 Å². The highest BCUT2D eigenvalue weighted by Gasteiger charge is 2.12. The minimum atomic E-state index is -0.0403. The van der Waals surface area contributed by atoms with E-state index in [0.717, 1.165) is 11.3 Å². The molecular formula is C15H17N3O2. The number of hydrogen-bond donors (Lipinski definition) is 1. The van der Waals surface area contributed by atoms with Crippen LogP contribution in [0.15, 0.2) is 49.3 Å². The fourth-order valence-electron chi connectivity index (χ4n) is 1.78. The molecule has 2 rings (SSSR count). The molecule has 1 heterocycles. The minimum absolute atomic E-state index is 0.0403. The first-order valence-corrected chi connectivity index (χ1v) is 6.27. The van der Waals surface area contributed by atoms with Gasteiger partial charge in [-0.3, -0.25) is 9.89 Å². The first-order valence-electron chi connectivity index (χ1n) is 6.27. The summed E-state index contributed by atoms with van der Waals surface area (Å²) >= 11 is 0. The van der Waals surface area contributed by atoms with E-state index in [2.05, 4.69) is 16.8 Å². The predicted molar refractivity (Wildman–Crippen MR) is 76.5 cm³/mol. The summed E-state index contributed by atoms with van der Waals surface area (Å²) in [7, 11) is 1.76. The van der Waals surface area contributed by atoms with Crippen LogP contribution in [0.4, 0.5) is 0 Å². The lowest BCUT2D eigenvalue weighted by Gasteiger charge is -2.16. The number of benzene rings is 1. The topological polar surface area (TPSA) is 58.2 Å². The summed E-state index contributed by atoms with van der Waals surface area (Å²) in [4.78, 5) is 13.9. The van der Waals surface area contributed by atoms with Crippen LogP contribution in [0.3, 0.4) is 0 Å². The third-order valence-corrected chi connectivity index (χ3v) is 2.79. The molecular weight excluding hydrogens is 254 g/mol. The molecule has 0 radical (unpaired) electrons. The number of nitrogens with one attached hydrogen (secondary N) is 1. The number of aromatic nitrogens is 2. The fourth-order valence-corrected chi connectivity index (χ4v) is 1.78. The summed E-state index contributed by atoms with van der Waals surface area (Å²) < 4.78 is 5.38. The summed E-state index contributed by atoms with van der Waals surface area (Å²) in [5.74, 6) is 0.681. The van der Waals surface area contributed by atoms with Gasteiger partial charge in [-0.2, -0.15) is 5.10 Å². The maximum Gasteiger partial charge on any atom is 0.253 e. The van der Waals surface area contributed by atoms with Crippen LogP contribution in [0, 0.1) is 0 Å². The van der Waals surface area contributed by atoms with Crippen molar-refractivity contribution >= 4 is 5.91 Å². The molecule has 1 aromatic carbocycles. The standard InChI is InChI=1S/C15H17N3O2/c1-3-8-20-14-6-4-13(5-7-14)15(19)18(2)11-12-9-16-17-10-12/h3-7,9-10H,1,8,11H2,2H3,(H,16,17). The lowest BCUT2D eigenvalue weighted by Crippen LogP contribution is -2.25. The normalized spacial score (nSPS) is 10.1. The molecule has 0 bridgehead atoms. The van der Waals surface area contributed by atoms with Gasteiger partial charge in [0, 0.05) is 30.9 Å². The molecule has 0 unspecified atom stereocenters. The second-order valence-electron chi connectivity index (χ2n) is 4.39. The van der Waals surface area contributed by atoms with Crippen LogP contribution in [0.1, 0.15) is 15.9 Å². The van der Waals surface area contributed by atoms with Crippen molar-refractivity contribution in [2.24, 2.45) is 0 Å². The van der Waals surface area contributed by atoms with Crippen LogP contribution >= 0.6 is 0 Å². The lowest BCUT2D eigenvalue weighted by atomic mass is 10.2. The van der Waals surface area contributed by atoms with E-state index in [0.29, 0.717) is 18.7 Å². The number of carbonyl (C=O) groups excluding carboxylic acids is 1. The molecule has 0 saturated heterocycles. The Balaban J connectivity index is 1.99. The third kappa shape index (κ3) is 3.47. The zero-order chi connectivity index (χ0) is 14.4. The van der Waals surface area contributed by atoms with Crippen LogP contribution in [-0.4, -0.2) is 34.7 Å². The second-order valence-corrected chi connectivity index (χ2v) is 4.39. The maximum absolute atomic E-state index is 12.2. The third-order valence-electron chi connectivity index (χ3n) is 2.79. The SMILES string of the molecule is C=CCOc1ccc(C(=O)N(C)Cc2cn[nH]c2)cc1. The Morgan fingerprint density at radius 2 is 2.20 bits per heavy atom. The van der Waals surface area contributed by atoms with Crippen LogP contribution in [0.2, 0.25) is 0 Å². The Morgan fingerprint density at radius 1 is 1.45 bits per heavy atom. The molecule has 5 heteroatoms. The molecule has 0 spiro atoms. The van der Waals surface area contributed by atoms with Crippen molar-refractivity contribution in [2.45, 2.75) is 6.54 Å². The Labute approximate surface area is 117 Å².